The summed E-state index contributed by atoms with van der Waals surface area (Å²) < 4.78 is 34.9. The third-order valence-electron chi connectivity index (χ3n) is 5.74. The number of sulfonamides is 1. The van der Waals surface area contributed by atoms with Crippen molar-refractivity contribution >= 4 is 44.0 Å². The van der Waals surface area contributed by atoms with Gasteiger partial charge in [-0.25, -0.2) is 13.1 Å². The molecule has 170 valence electrons. The molecule has 1 aliphatic heterocycles. The summed E-state index contributed by atoms with van der Waals surface area (Å²) in [6.07, 6.45) is 1.78. The maximum Gasteiger partial charge on any atom is 0.243 e. The maximum absolute atomic E-state index is 13.1. The van der Waals surface area contributed by atoms with E-state index < -0.39 is 10.0 Å². The fourth-order valence-corrected chi connectivity index (χ4v) is 5.82. The summed E-state index contributed by atoms with van der Waals surface area (Å²) in [5, 5.41) is 9.55. The molecule has 5 rings (SSSR count). The first-order valence-electron chi connectivity index (χ1n) is 10.7. The average Bonchev–Trinajstić information content (AvgIpc) is 3.48. The first kappa shape index (κ1) is 21.8. The SMILES string of the molecule is COc1ccc2c(c1)c(Nc1cccc(Cl)c1)nn2-c1cccc(S(=O)(=O)N2CCCC2)c1. The van der Waals surface area contributed by atoms with Crippen molar-refractivity contribution in [1.29, 1.82) is 0 Å². The van der Waals surface area contributed by atoms with Crippen LogP contribution in [0.1, 0.15) is 12.8 Å². The van der Waals surface area contributed by atoms with Crippen LogP contribution in [0.15, 0.2) is 71.6 Å². The zero-order valence-electron chi connectivity index (χ0n) is 18.0. The number of hydrogen-bond acceptors (Lipinski definition) is 5. The minimum Gasteiger partial charge on any atom is -0.497 e. The third-order valence-corrected chi connectivity index (χ3v) is 7.87. The lowest BCUT2D eigenvalue weighted by Crippen LogP contribution is -2.27. The van der Waals surface area contributed by atoms with Crippen molar-refractivity contribution in [3.63, 3.8) is 0 Å². The van der Waals surface area contributed by atoms with Gasteiger partial charge in [-0.1, -0.05) is 23.7 Å². The summed E-state index contributed by atoms with van der Waals surface area (Å²) in [5.74, 6) is 1.31. The van der Waals surface area contributed by atoms with Gasteiger partial charge in [0.15, 0.2) is 5.82 Å². The van der Waals surface area contributed by atoms with Gasteiger partial charge < -0.3 is 10.1 Å². The zero-order valence-corrected chi connectivity index (χ0v) is 19.6. The number of benzene rings is 3. The lowest BCUT2D eigenvalue weighted by Gasteiger charge is -2.16. The Balaban J connectivity index is 1.61. The van der Waals surface area contributed by atoms with E-state index in [4.69, 9.17) is 21.4 Å². The first-order valence-corrected chi connectivity index (χ1v) is 12.5. The molecule has 1 aromatic heterocycles. The molecule has 0 saturated carbocycles. The fraction of sp³-hybridized carbons (Fsp3) is 0.208. The Kier molecular flexibility index (Phi) is 5.74. The van der Waals surface area contributed by atoms with Crippen LogP contribution < -0.4 is 10.1 Å². The summed E-state index contributed by atoms with van der Waals surface area (Å²) in [7, 11) is -1.92. The highest BCUT2D eigenvalue weighted by Crippen LogP contribution is 2.32. The van der Waals surface area contributed by atoms with E-state index in [0.717, 1.165) is 29.4 Å². The molecule has 0 amide bonds. The minimum absolute atomic E-state index is 0.267. The van der Waals surface area contributed by atoms with Gasteiger partial charge in [0, 0.05) is 29.2 Å². The van der Waals surface area contributed by atoms with Crippen LogP contribution in [0.25, 0.3) is 16.6 Å². The van der Waals surface area contributed by atoms with E-state index in [1.807, 2.05) is 42.5 Å². The molecule has 3 aromatic carbocycles. The molecule has 0 spiro atoms. The Hall–Kier alpha value is -3.07. The number of aromatic nitrogens is 2. The molecule has 1 fully saturated rings. The number of anilines is 2. The smallest absolute Gasteiger partial charge is 0.243 e. The number of rotatable bonds is 6. The number of hydrogen-bond donors (Lipinski definition) is 1. The van der Waals surface area contributed by atoms with Gasteiger partial charge in [0.25, 0.3) is 0 Å². The van der Waals surface area contributed by atoms with Gasteiger partial charge in [-0.05, 0) is 67.4 Å². The van der Waals surface area contributed by atoms with Gasteiger partial charge in [0.2, 0.25) is 10.0 Å². The molecule has 1 N–H and O–H groups in total. The second kappa shape index (κ2) is 8.70. The highest BCUT2D eigenvalue weighted by atomic mass is 35.5. The van der Waals surface area contributed by atoms with E-state index in [9.17, 15) is 8.42 Å². The van der Waals surface area contributed by atoms with Crippen molar-refractivity contribution in [1.82, 2.24) is 14.1 Å². The monoisotopic (exact) mass is 482 g/mol. The summed E-state index contributed by atoms with van der Waals surface area (Å²) in [6, 6.07) is 20.0. The number of halogens is 1. The predicted molar refractivity (Wildman–Crippen MR) is 130 cm³/mol. The van der Waals surface area contributed by atoms with Gasteiger partial charge in [-0.3, -0.25) is 0 Å². The molecule has 2 heterocycles. The standard InChI is InChI=1S/C24H23ClN4O3S/c1-32-20-10-11-23-22(16-20)24(26-18-7-4-6-17(25)14-18)27-29(23)19-8-5-9-21(15-19)33(30,31)28-12-2-3-13-28/h4-11,14-16H,2-3,12-13H2,1H3,(H,26,27). The number of ether oxygens (including phenoxy) is 1. The molecule has 0 aliphatic carbocycles. The van der Waals surface area contributed by atoms with Crippen LogP contribution in [0.5, 0.6) is 5.75 Å². The van der Waals surface area contributed by atoms with E-state index in [2.05, 4.69) is 5.32 Å². The lowest BCUT2D eigenvalue weighted by molar-refractivity contribution is 0.415. The average molecular weight is 483 g/mol. The molecule has 0 unspecified atom stereocenters. The first-order chi connectivity index (χ1) is 16.0. The van der Waals surface area contributed by atoms with Gasteiger partial charge >= 0.3 is 0 Å². The van der Waals surface area contributed by atoms with Crippen LogP contribution in [-0.2, 0) is 10.0 Å². The molecular formula is C24H23ClN4O3S. The minimum atomic E-state index is -3.54. The summed E-state index contributed by atoms with van der Waals surface area (Å²) in [5.41, 5.74) is 2.27. The van der Waals surface area contributed by atoms with Crippen molar-refractivity contribution < 1.29 is 13.2 Å². The Morgan fingerprint density at radius 1 is 1.00 bits per heavy atom. The molecule has 1 saturated heterocycles. The second-order valence-electron chi connectivity index (χ2n) is 7.89. The van der Waals surface area contributed by atoms with Crippen molar-refractivity contribution in [3.8, 4) is 11.4 Å². The van der Waals surface area contributed by atoms with Crippen LogP contribution in [0.2, 0.25) is 5.02 Å². The number of nitrogens with zero attached hydrogens (tertiary/aromatic N) is 3. The molecular weight excluding hydrogens is 460 g/mol. The number of nitrogens with one attached hydrogen (secondary N) is 1. The largest absolute Gasteiger partial charge is 0.497 e. The van der Waals surface area contributed by atoms with Crippen LogP contribution in [0.4, 0.5) is 11.5 Å². The van der Waals surface area contributed by atoms with Crippen LogP contribution in [-0.4, -0.2) is 42.7 Å². The van der Waals surface area contributed by atoms with Gasteiger partial charge in [-0.2, -0.15) is 4.31 Å². The van der Waals surface area contributed by atoms with Gasteiger partial charge in [0.1, 0.15) is 5.75 Å². The zero-order chi connectivity index (χ0) is 23.0. The van der Waals surface area contributed by atoms with Crippen molar-refractivity contribution in [3.05, 3.63) is 71.8 Å². The third kappa shape index (κ3) is 4.17. The summed E-state index contributed by atoms with van der Waals surface area (Å²) in [6.45, 7) is 1.12. The van der Waals surface area contributed by atoms with Gasteiger partial charge in [0.05, 0.1) is 23.2 Å². The Labute approximate surface area is 197 Å². The number of fused-ring (bicyclic) bond motifs is 1. The van der Waals surface area contributed by atoms with E-state index in [1.165, 1.54) is 0 Å². The molecule has 0 bridgehead atoms. The van der Waals surface area contributed by atoms with E-state index in [-0.39, 0.29) is 4.90 Å². The number of methoxy groups -OCH3 is 1. The Bertz CT molecular complexity index is 1430. The second-order valence-corrected chi connectivity index (χ2v) is 10.3. The van der Waals surface area contributed by atoms with Gasteiger partial charge in [-0.15, -0.1) is 5.10 Å². The van der Waals surface area contributed by atoms with Crippen molar-refractivity contribution in [2.75, 3.05) is 25.5 Å². The van der Waals surface area contributed by atoms with Crippen molar-refractivity contribution in [2.45, 2.75) is 17.7 Å². The molecule has 9 heteroatoms. The van der Waals surface area contributed by atoms with Crippen molar-refractivity contribution in [2.24, 2.45) is 0 Å². The predicted octanol–water partition coefficient (Wildman–Crippen LogP) is 5.22. The van der Waals surface area contributed by atoms with Crippen LogP contribution >= 0.6 is 11.6 Å². The normalized spacial score (nSPS) is 14.6. The van der Waals surface area contributed by atoms with E-state index >= 15 is 0 Å². The highest BCUT2D eigenvalue weighted by molar-refractivity contribution is 7.89. The topological polar surface area (TPSA) is 76.5 Å². The quantitative estimate of drug-likeness (QED) is 0.408. The molecule has 7 nitrogen and oxygen atoms in total. The molecule has 0 atom stereocenters. The Morgan fingerprint density at radius 3 is 2.55 bits per heavy atom. The summed E-state index contributed by atoms with van der Waals surface area (Å²) in [4.78, 5) is 0.267. The molecule has 0 radical (unpaired) electrons. The van der Waals surface area contributed by atoms with Crippen LogP contribution in [0.3, 0.4) is 0 Å². The Morgan fingerprint density at radius 2 is 1.79 bits per heavy atom. The molecule has 4 aromatic rings. The fourth-order valence-electron chi connectivity index (χ4n) is 4.07. The maximum atomic E-state index is 13.1. The van der Waals surface area contributed by atoms with Crippen LogP contribution in [0, 0.1) is 0 Å². The highest BCUT2D eigenvalue weighted by Gasteiger charge is 2.27. The molecule has 33 heavy (non-hydrogen) atoms. The lowest BCUT2D eigenvalue weighted by atomic mass is 10.2. The van der Waals surface area contributed by atoms with E-state index in [1.54, 1.807) is 40.4 Å². The van der Waals surface area contributed by atoms with E-state index in [0.29, 0.717) is 35.4 Å². The summed E-state index contributed by atoms with van der Waals surface area (Å²) >= 11 is 6.15. The molecule has 1 aliphatic rings.